The maximum Gasteiger partial charge on any atom is 0.191 e. The lowest BCUT2D eigenvalue weighted by Crippen LogP contribution is -2.49. The van der Waals surface area contributed by atoms with Gasteiger partial charge in [0.25, 0.3) is 0 Å². The van der Waals surface area contributed by atoms with Crippen LogP contribution in [0.25, 0.3) is 0 Å². The molecule has 5 nitrogen and oxygen atoms in total. The summed E-state index contributed by atoms with van der Waals surface area (Å²) in [5.74, 6) is 0.956. The second-order valence-corrected chi connectivity index (χ2v) is 6.62. The molecular formula is C17H31IN4O. The third-order valence-corrected chi connectivity index (χ3v) is 4.95. The first-order chi connectivity index (χ1) is 10.8. The molecule has 0 atom stereocenters. The molecule has 0 aromatic carbocycles. The SMILES string of the molecule is CN=C(NCCC1=CCOCC1)NC1CCN(C2CC2)CC1.I. The van der Waals surface area contributed by atoms with Crippen LogP contribution in [0.4, 0.5) is 0 Å². The summed E-state index contributed by atoms with van der Waals surface area (Å²) in [6, 6.07) is 1.48. The van der Waals surface area contributed by atoms with Crippen molar-refractivity contribution in [3.8, 4) is 0 Å². The zero-order valence-electron chi connectivity index (χ0n) is 14.2. The van der Waals surface area contributed by atoms with Gasteiger partial charge in [0.15, 0.2) is 5.96 Å². The van der Waals surface area contributed by atoms with Crippen molar-refractivity contribution in [3.05, 3.63) is 11.6 Å². The lowest BCUT2D eigenvalue weighted by Gasteiger charge is -2.33. The number of nitrogens with zero attached hydrogens (tertiary/aromatic N) is 2. The van der Waals surface area contributed by atoms with E-state index in [0.29, 0.717) is 6.04 Å². The molecule has 3 aliphatic rings. The normalized spacial score (nSPS) is 23.9. The molecule has 1 saturated heterocycles. The van der Waals surface area contributed by atoms with Gasteiger partial charge in [-0.15, -0.1) is 24.0 Å². The maximum atomic E-state index is 5.34. The standard InChI is InChI=1S/C17H30N4O.HI/c1-18-17(19-9-4-14-7-12-22-13-8-14)20-15-5-10-21(11-6-15)16-2-3-16;/h7,15-16H,2-6,8-13H2,1H3,(H2,18,19,20);1H. The molecule has 0 unspecified atom stereocenters. The van der Waals surface area contributed by atoms with E-state index < -0.39 is 0 Å². The van der Waals surface area contributed by atoms with E-state index >= 15 is 0 Å². The summed E-state index contributed by atoms with van der Waals surface area (Å²) < 4.78 is 5.34. The number of piperidine rings is 1. The van der Waals surface area contributed by atoms with E-state index in [1.165, 1.54) is 44.3 Å². The number of hydrogen-bond donors (Lipinski definition) is 2. The first-order valence-corrected chi connectivity index (χ1v) is 8.82. The third kappa shape index (κ3) is 6.23. The van der Waals surface area contributed by atoms with Gasteiger partial charge in [-0.25, -0.2) is 0 Å². The van der Waals surface area contributed by atoms with Gasteiger partial charge in [-0.2, -0.15) is 0 Å². The van der Waals surface area contributed by atoms with Crippen molar-refractivity contribution in [2.75, 3.05) is 39.9 Å². The lowest BCUT2D eigenvalue weighted by molar-refractivity contribution is 0.153. The van der Waals surface area contributed by atoms with Crippen LogP contribution < -0.4 is 10.6 Å². The molecule has 1 saturated carbocycles. The number of halogens is 1. The molecule has 0 aromatic rings. The van der Waals surface area contributed by atoms with Gasteiger partial charge in [0, 0.05) is 38.8 Å². The van der Waals surface area contributed by atoms with Crippen LogP contribution in [0.5, 0.6) is 0 Å². The van der Waals surface area contributed by atoms with Crippen LogP contribution in [-0.2, 0) is 4.74 Å². The van der Waals surface area contributed by atoms with Crippen LogP contribution in [0.1, 0.15) is 38.5 Å². The summed E-state index contributed by atoms with van der Waals surface area (Å²) >= 11 is 0. The summed E-state index contributed by atoms with van der Waals surface area (Å²) in [7, 11) is 1.86. The van der Waals surface area contributed by atoms with Crippen LogP contribution in [0.2, 0.25) is 0 Å². The number of ether oxygens (including phenoxy) is 1. The Balaban J connectivity index is 0.00000192. The Morgan fingerprint density at radius 1 is 1.30 bits per heavy atom. The van der Waals surface area contributed by atoms with Crippen LogP contribution >= 0.6 is 24.0 Å². The number of nitrogens with one attached hydrogen (secondary N) is 2. The summed E-state index contributed by atoms with van der Waals surface area (Å²) in [6.07, 6.45) is 9.69. The average molecular weight is 434 g/mol. The zero-order valence-corrected chi connectivity index (χ0v) is 16.6. The molecule has 1 aliphatic carbocycles. The van der Waals surface area contributed by atoms with Gasteiger partial charge in [0.2, 0.25) is 0 Å². The minimum Gasteiger partial charge on any atom is -0.377 e. The second kappa shape index (κ2) is 9.84. The van der Waals surface area contributed by atoms with Crippen molar-refractivity contribution < 1.29 is 4.74 Å². The summed E-state index contributed by atoms with van der Waals surface area (Å²) in [5.41, 5.74) is 1.51. The average Bonchev–Trinajstić information content (AvgIpc) is 3.40. The van der Waals surface area contributed by atoms with E-state index in [-0.39, 0.29) is 24.0 Å². The number of likely N-dealkylation sites (tertiary alicyclic amines) is 1. The summed E-state index contributed by atoms with van der Waals surface area (Å²) in [4.78, 5) is 7.03. The van der Waals surface area contributed by atoms with Gasteiger partial charge >= 0.3 is 0 Å². The van der Waals surface area contributed by atoms with Gasteiger partial charge < -0.3 is 20.3 Å². The van der Waals surface area contributed by atoms with Crippen LogP contribution in [-0.4, -0.2) is 62.8 Å². The Bertz CT molecular complexity index is 415. The highest BCUT2D eigenvalue weighted by Gasteiger charge is 2.31. The molecule has 0 bridgehead atoms. The molecular weight excluding hydrogens is 403 g/mol. The monoisotopic (exact) mass is 434 g/mol. The Morgan fingerprint density at radius 3 is 2.70 bits per heavy atom. The fourth-order valence-electron chi connectivity index (χ4n) is 3.37. The highest BCUT2D eigenvalue weighted by Crippen LogP contribution is 2.29. The first-order valence-electron chi connectivity index (χ1n) is 8.82. The Morgan fingerprint density at radius 2 is 2.09 bits per heavy atom. The maximum absolute atomic E-state index is 5.34. The molecule has 23 heavy (non-hydrogen) atoms. The smallest absolute Gasteiger partial charge is 0.191 e. The molecule has 2 fully saturated rings. The fraction of sp³-hybridized carbons (Fsp3) is 0.824. The topological polar surface area (TPSA) is 48.9 Å². The van der Waals surface area contributed by atoms with Crippen LogP contribution in [0, 0.1) is 0 Å². The van der Waals surface area contributed by atoms with Crippen LogP contribution in [0.3, 0.4) is 0 Å². The van der Waals surface area contributed by atoms with Gasteiger partial charge in [-0.1, -0.05) is 11.6 Å². The van der Waals surface area contributed by atoms with Crippen molar-refractivity contribution in [1.29, 1.82) is 0 Å². The second-order valence-electron chi connectivity index (χ2n) is 6.62. The van der Waals surface area contributed by atoms with Gasteiger partial charge in [-0.3, -0.25) is 4.99 Å². The minimum atomic E-state index is 0. The zero-order chi connectivity index (χ0) is 15.2. The van der Waals surface area contributed by atoms with E-state index in [1.54, 1.807) is 0 Å². The van der Waals surface area contributed by atoms with Gasteiger partial charge in [-0.05, 0) is 38.5 Å². The molecule has 0 radical (unpaired) electrons. The first kappa shape index (κ1) is 19.0. The molecule has 0 amide bonds. The van der Waals surface area contributed by atoms with E-state index in [1.807, 2.05) is 7.05 Å². The third-order valence-electron chi connectivity index (χ3n) is 4.95. The molecule has 3 rings (SSSR count). The molecule has 132 valence electrons. The van der Waals surface area contributed by atoms with E-state index in [9.17, 15) is 0 Å². The van der Waals surface area contributed by atoms with Crippen LogP contribution in [0.15, 0.2) is 16.6 Å². The van der Waals surface area contributed by atoms with E-state index in [0.717, 1.165) is 44.6 Å². The fourth-order valence-corrected chi connectivity index (χ4v) is 3.37. The lowest BCUT2D eigenvalue weighted by atomic mass is 10.1. The van der Waals surface area contributed by atoms with E-state index in [2.05, 4.69) is 26.6 Å². The summed E-state index contributed by atoms with van der Waals surface area (Å²) in [5, 5.41) is 7.05. The van der Waals surface area contributed by atoms with E-state index in [4.69, 9.17) is 4.74 Å². The number of aliphatic imine (C=N–C) groups is 1. The largest absolute Gasteiger partial charge is 0.377 e. The van der Waals surface area contributed by atoms with Crippen molar-refractivity contribution in [1.82, 2.24) is 15.5 Å². The van der Waals surface area contributed by atoms with Crippen molar-refractivity contribution in [2.45, 2.75) is 50.6 Å². The molecule has 2 N–H and O–H groups in total. The van der Waals surface area contributed by atoms with Gasteiger partial charge in [0.1, 0.15) is 0 Å². The van der Waals surface area contributed by atoms with Crippen molar-refractivity contribution >= 4 is 29.9 Å². The Kier molecular flexibility index (Phi) is 8.12. The minimum absolute atomic E-state index is 0. The predicted octanol–water partition coefficient (Wildman–Crippen LogP) is 2.13. The molecule has 2 aliphatic heterocycles. The predicted molar refractivity (Wildman–Crippen MR) is 106 cm³/mol. The molecule has 6 heteroatoms. The molecule has 2 heterocycles. The number of rotatable bonds is 5. The molecule has 0 aromatic heterocycles. The van der Waals surface area contributed by atoms with Crippen molar-refractivity contribution in [3.63, 3.8) is 0 Å². The quantitative estimate of drug-likeness (QED) is 0.301. The number of guanidine groups is 1. The number of hydrogen-bond acceptors (Lipinski definition) is 3. The summed E-state index contributed by atoms with van der Waals surface area (Å²) in [6.45, 7) is 5.09. The van der Waals surface area contributed by atoms with Gasteiger partial charge in [0.05, 0.1) is 13.2 Å². The Hall–Kier alpha value is -0.340. The highest BCUT2D eigenvalue weighted by atomic mass is 127. The molecule has 0 spiro atoms. The Labute approximate surface area is 157 Å². The van der Waals surface area contributed by atoms with Crippen molar-refractivity contribution in [2.24, 2.45) is 4.99 Å². The highest BCUT2D eigenvalue weighted by molar-refractivity contribution is 14.0.